The van der Waals surface area contributed by atoms with Gasteiger partial charge >= 0.3 is 5.97 Å². The molecule has 0 amide bonds. The molecule has 0 bridgehead atoms. The Bertz CT molecular complexity index is 1220. The Balaban J connectivity index is 1.95. The Kier molecular flexibility index (Phi) is 9.06. The van der Waals surface area contributed by atoms with Gasteiger partial charge in [0.15, 0.2) is 0 Å². The third kappa shape index (κ3) is 7.26. The van der Waals surface area contributed by atoms with Crippen LogP contribution in [0, 0.1) is 12.3 Å². The molecule has 0 spiro atoms. The summed E-state index contributed by atoms with van der Waals surface area (Å²) < 4.78 is 34.4. The second-order valence-electron chi connectivity index (χ2n) is 10.1. The van der Waals surface area contributed by atoms with Crippen LogP contribution in [0.1, 0.15) is 50.0 Å². The maximum absolute atomic E-state index is 13.9. The van der Waals surface area contributed by atoms with Crippen LogP contribution in [0.3, 0.4) is 0 Å². The summed E-state index contributed by atoms with van der Waals surface area (Å²) in [6, 6.07) is 24.2. The average Bonchev–Trinajstić information content (AvgIpc) is 2.85. The number of hydrogen-bond donors (Lipinski definition) is 1. The molecule has 6 nitrogen and oxygen atoms in total. The van der Waals surface area contributed by atoms with E-state index in [-0.39, 0.29) is 17.9 Å². The van der Waals surface area contributed by atoms with Crippen LogP contribution in [0.5, 0.6) is 0 Å². The summed E-state index contributed by atoms with van der Waals surface area (Å²) in [6.45, 7) is 7.17. The van der Waals surface area contributed by atoms with Gasteiger partial charge in [-0.1, -0.05) is 99.1 Å². The van der Waals surface area contributed by atoms with Gasteiger partial charge in [-0.3, -0.25) is 4.79 Å². The van der Waals surface area contributed by atoms with E-state index in [0.29, 0.717) is 5.56 Å². The summed E-state index contributed by atoms with van der Waals surface area (Å²) >= 11 is 0. The van der Waals surface area contributed by atoms with Crippen molar-refractivity contribution in [3.05, 3.63) is 102 Å². The zero-order valence-corrected chi connectivity index (χ0v) is 22.1. The highest BCUT2D eigenvalue weighted by molar-refractivity contribution is 7.89. The van der Waals surface area contributed by atoms with Crippen LogP contribution in [0.2, 0.25) is 0 Å². The van der Waals surface area contributed by atoms with Crippen LogP contribution in [0.25, 0.3) is 0 Å². The highest BCUT2D eigenvalue weighted by atomic mass is 32.2. The average molecular weight is 510 g/mol. The number of aliphatic hydroxyl groups excluding tert-OH is 1. The highest BCUT2D eigenvalue weighted by Crippen LogP contribution is 2.35. The van der Waals surface area contributed by atoms with Crippen molar-refractivity contribution in [2.45, 2.75) is 57.8 Å². The second kappa shape index (κ2) is 11.8. The SMILES string of the molecule is Cc1ccc(S(=O)(=O)N(CC(=O)OCc2ccccc2)[C@@H](C[C@@H](O)c2ccccc2)C(C)(C)C)cc1. The Morgan fingerprint density at radius 3 is 2.03 bits per heavy atom. The molecule has 0 heterocycles. The van der Waals surface area contributed by atoms with Gasteiger partial charge in [-0.2, -0.15) is 4.31 Å². The summed E-state index contributed by atoms with van der Waals surface area (Å²) in [5, 5.41) is 11.0. The van der Waals surface area contributed by atoms with Crippen LogP contribution >= 0.6 is 0 Å². The van der Waals surface area contributed by atoms with E-state index >= 15 is 0 Å². The van der Waals surface area contributed by atoms with Gasteiger partial charge in [0.1, 0.15) is 13.2 Å². The van der Waals surface area contributed by atoms with Gasteiger partial charge in [0.2, 0.25) is 10.0 Å². The first kappa shape index (κ1) is 27.6. The maximum Gasteiger partial charge on any atom is 0.321 e. The number of ether oxygens (including phenoxy) is 1. The normalized spacial score (nSPS) is 13.8. The quantitative estimate of drug-likeness (QED) is 0.377. The van der Waals surface area contributed by atoms with Crippen LogP contribution in [0.4, 0.5) is 0 Å². The molecule has 0 unspecified atom stereocenters. The van der Waals surface area contributed by atoms with Crippen molar-refractivity contribution < 1.29 is 23.1 Å². The summed E-state index contributed by atoms with van der Waals surface area (Å²) in [6.07, 6.45) is -0.795. The highest BCUT2D eigenvalue weighted by Gasteiger charge is 2.41. The van der Waals surface area contributed by atoms with Gasteiger partial charge in [-0.25, -0.2) is 8.42 Å². The third-order valence-corrected chi connectivity index (χ3v) is 8.00. The molecule has 2 atom stereocenters. The smallest absolute Gasteiger partial charge is 0.321 e. The van der Waals surface area contributed by atoms with Crippen molar-refractivity contribution >= 4 is 16.0 Å². The number of benzene rings is 3. The van der Waals surface area contributed by atoms with Crippen molar-refractivity contribution in [2.24, 2.45) is 5.41 Å². The van der Waals surface area contributed by atoms with Crippen molar-refractivity contribution in [3.8, 4) is 0 Å². The van der Waals surface area contributed by atoms with E-state index in [4.69, 9.17) is 4.74 Å². The monoisotopic (exact) mass is 509 g/mol. The third-order valence-electron chi connectivity index (χ3n) is 6.13. The first-order valence-corrected chi connectivity index (χ1v) is 13.4. The molecule has 3 aromatic carbocycles. The van der Waals surface area contributed by atoms with E-state index in [1.165, 1.54) is 4.31 Å². The number of carbonyl (C=O) groups excluding carboxylic acids is 1. The zero-order valence-electron chi connectivity index (χ0n) is 21.3. The number of aryl methyl sites for hydroxylation is 1. The Morgan fingerprint density at radius 2 is 1.47 bits per heavy atom. The lowest BCUT2D eigenvalue weighted by molar-refractivity contribution is -0.146. The molecule has 0 aromatic heterocycles. The number of rotatable bonds is 10. The molecule has 7 heteroatoms. The van der Waals surface area contributed by atoms with Gasteiger partial charge in [0.05, 0.1) is 11.0 Å². The molecule has 0 radical (unpaired) electrons. The molecule has 0 aliphatic carbocycles. The lowest BCUT2D eigenvalue weighted by Gasteiger charge is -2.40. The largest absolute Gasteiger partial charge is 0.460 e. The van der Waals surface area contributed by atoms with Crippen LogP contribution in [-0.4, -0.2) is 36.4 Å². The lowest BCUT2D eigenvalue weighted by atomic mass is 9.82. The molecular formula is C29H35NO5S. The van der Waals surface area contributed by atoms with E-state index in [0.717, 1.165) is 11.1 Å². The lowest BCUT2D eigenvalue weighted by Crippen LogP contribution is -2.50. The molecule has 1 N–H and O–H groups in total. The molecule has 192 valence electrons. The molecule has 0 fully saturated rings. The maximum atomic E-state index is 13.9. The van der Waals surface area contributed by atoms with Gasteiger partial charge in [0, 0.05) is 6.04 Å². The fourth-order valence-corrected chi connectivity index (χ4v) is 5.81. The number of aliphatic hydroxyl groups is 1. The fourth-order valence-electron chi connectivity index (χ4n) is 4.05. The minimum atomic E-state index is -4.08. The Morgan fingerprint density at radius 1 is 0.917 bits per heavy atom. The fraction of sp³-hybridized carbons (Fsp3) is 0.345. The molecule has 0 aliphatic rings. The summed E-state index contributed by atoms with van der Waals surface area (Å²) in [5.41, 5.74) is 1.83. The zero-order chi connectivity index (χ0) is 26.3. The van der Waals surface area contributed by atoms with E-state index < -0.39 is 40.1 Å². The van der Waals surface area contributed by atoms with Gasteiger partial charge in [-0.15, -0.1) is 0 Å². The van der Waals surface area contributed by atoms with Crippen LogP contribution in [0.15, 0.2) is 89.8 Å². The van der Waals surface area contributed by atoms with E-state index in [1.807, 2.05) is 76.2 Å². The Labute approximate surface area is 214 Å². The molecule has 36 heavy (non-hydrogen) atoms. The number of carbonyl (C=O) groups is 1. The van der Waals surface area contributed by atoms with Crippen molar-refractivity contribution in [1.29, 1.82) is 0 Å². The topological polar surface area (TPSA) is 83.9 Å². The summed E-state index contributed by atoms with van der Waals surface area (Å²) in [7, 11) is -4.08. The summed E-state index contributed by atoms with van der Waals surface area (Å²) in [5.74, 6) is -0.655. The number of hydrogen-bond acceptors (Lipinski definition) is 5. The van der Waals surface area contributed by atoms with E-state index in [1.54, 1.807) is 36.4 Å². The molecule has 3 rings (SSSR count). The predicted octanol–water partition coefficient (Wildman–Crippen LogP) is 5.27. The number of esters is 1. The molecule has 0 saturated carbocycles. The van der Waals surface area contributed by atoms with Crippen LogP contribution < -0.4 is 0 Å². The number of sulfonamides is 1. The van der Waals surface area contributed by atoms with Gasteiger partial charge < -0.3 is 9.84 Å². The van der Waals surface area contributed by atoms with Crippen LogP contribution in [-0.2, 0) is 26.2 Å². The first-order valence-electron chi connectivity index (χ1n) is 12.0. The Hall–Kier alpha value is -3.00. The first-order chi connectivity index (χ1) is 17.0. The van der Waals surface area contributed by atoms with Crippen molar-refractivity contribution in [2.75, 3.05) is 6.54 Å². The minimum absolute atomic E-state index is 0.0465. The van der Waals surface area contributed by atoms with Crippen molar-refractivity contribution in [3.63, 3.8) is 0 Å². The predicted molar refractivity (Wildman–Crippen MR) is 141 cm³/mol. The molecule has 0 aliphatic heterocycles. The molecular weight excluding hydrogens is 474 g/mol. The number of nitrogens with zero attached hydrogens (tertiary/aromatic N) is 1. The van der Waals surface area contributed by atoms with E-state index in [2.05, 4.69) is 0 Å². The standard InChI is InChI=1S/C29H35NO5S/c1-22-15-17-25(18-16-22)36(33,34)30(20-28(32)35-21-23-11-7-5-8-12-23)27(29(2,3)4)19-26(31)24-13-9-6-10-14-24/h5-18,26-27,31H,19-21H2,1-4H3/t26-,27+/m1/s1. The van der Waals surface area contributed by atoms with Gasteiger partial charge in [-0.05, 0) is 42.0 Å². The molecule has 3 aromatic rings. The van der Waals surface area contributed by atoms with E-state index in [9.17, 15) is 18.3 Å². The van der Waals surface area contributed by atoms with Crippen molar-refractivity contribution in [1.82, 2.24) is 4.31 Å². The second-order valence-corrected chi connectivity index (χ2v) is 11.9. The summed E-state index contributed by atoms with van der Waals surface area (Å²) in [4.78, 5) is 13.0. The minimum Gasteiger partial charge on any atom is -0.460 e. The van der Waals surface area contributed by atoms with Gasteiger partial charge in [0.25, 0.3) is 0 Å². The molecule has 0 saturated heterocycles.